The maximum absolute atomic E-state index is 10.9. The van der Waals surface area contributed by atoms with Crippen molar-refractivity contribution in [3.63, 3.8) is 0 Å². The normalized spacial score (nSPS) is 11.4. The maximum atomic E-state index is 10.9. The highest BCUT2D eigenvalue weighted by Crippen LogP contribution is 2.08. The van der Waals surface area contributed by atoms with Gasteiger partial charge in [0.05, 0.1) is 5.75 Å². The first kappa shape index (κ1) is 12.7. The molecule has 0 radical (unpaired) electrons. The minimum atomic E-state index is -2.96. The van der Waals surface area contributed by atoms with Gasteiger partial charge in [-0.2, -0.15) is 0 Å². The van der Waals surface area contributed by atoms with Crippen LogP contribution in [0, 0.1) is 0 Å². The van der Waals surface area contributed by atoms with E-state index in [2.05, 4.69) is 15.3 Å². The van der Waals surface area contributed by atoms with Gasteiger partial charge in [0.15, 0.2) is 0 Å². The molecule has 90 valence electrons. The molecule has 7 heteroatoms. The van der Waals surface area contributed by atoms with Gasteiger partial charge in [-0.1, -0.05) is 6.92 Å². The molecule has 0 aromatic carbocycles. The van der Waals surface area contributed by atoms with Crippen molar-refractivity contribution in [3.05, 3.63) is 11.9 Å². The number of hydrogen-bond donors (Lipinski definition) is 2. The predicted molar refractivity (Wildman–Crippen MR) is 64.0 cm³/mol. The standard InChI is InChI=1S/C9H16N4O2S/c1-3-8-12-7(10)6-9(13-8)11-4-5-16(2,14)15/h6H,3-5H2,1-2H3,(H3,10,11,12,13). The summed E-state index contributed by atoms with van der Waals surface area (Å²) in [6.07, 6.45) is 1.88. The van der Waals surface area contributed by atoms with Crippen LogP contribution in [0.3, 0.4) is 0 Å². The number of nitrogen functional groups attached to an aromatic ring is 1. The van der Waals surface area contributed by atoms with E-state index in [1.807, 2.05) is 6.92 Å². The smallest absolute Gasteiger partial charge is 0.149 e. The van der Waals surface area contributed by atoms with E-state index in [9.17, 15) is 8.42 Å². The van der Waals surface area contributed by atoms with Crippen molar-refractivity contribution >= 4 is 21.5 Å². The van der Waals surface area contributed by atoms with Crippen LogP contribution in [-0.4, -0.2) is 36.9 Å². The quantitative estimate of drug-likeness (QED) is 0.761. The number of nitrogens with two attached hydrogens (primary N) is 1. The fourth-order valence-corrected chi connectivity index (χ4v) is 1.60. The van der Waals surface area contributed by atoms with Gasteiger partial charge in [0, 0.05) is 25.3 Å². The number of aromatic nitrogens is 2. The molecule has 0 saturated heterocycles. The fraction of sp³-hybridized carbons (Fsp3) is 0.556. The van der Waals surface area contributed by atoms with Gasteiger partial charge >= 0.3 is 0 Å². The number of hydrogen-bond acceptors (Lipinski definition) is 6. The number of nitrogens with one attached hydrogen (secondary N) is 1. The molecule has 1 aromatic heterocycles. The summed E-state index contributed by atoms with van der Waals surface area (Å²) < 4.78 is 21.8. The molecular formula is C9H16N4O2S. The Morgan fingerprint density at radius 2 is 2.12 bits per heavy atom. The van der Waals surface area contributed by atoms with Crippen molar-refractivity contribution in [1.82, 2.24) is 9.97 Å². The molecule has 0 fully saturated rings. The monoisotopic (exact) mass is 244 g/mol. The second-order valence-corrected chi connectivity index (χ2v) is 5.76. The summed E-state index contributed by atoms with van der Waals surface area (Å²) in [5.74, 6) is 1.65. The van der Waals surface area contributed by atoms with Gasteiger partial charge in [0.2, 0.25) is 0 Å². The SMILES string of the molecule is CCc1nc(N)cc(NCCS(C)(=O)=O)n1. The van der Waals surface area contributed by atoms with Gasteiger partial charge in [-0.3, -0.25) is 0 Å². The van der Waals surface area contributed by atoms with Crippen LogP contribution in [0.5, 0.6) is 0 Å². The number of anilines is 2. The van der Waals surface area contributed by atoms with E-state index >= 15 is 0 Å². The number of nitrogens with zero attached hydrogens (tertiary/aromatic N) is 2. The van der Waals surface area contributed by atoms with E-state index in [-0.39, 0.29) is 5.75 Å². The van der Waals surface area contributed by atoms with Crippen molar-refractivity contribution in [2.75, 3.05) is 29.6 Å². The third-order valence-electron chi connectivity index (χ3n) is 1.89. The molecule has 3 N–H and O–H groups in total. The van der Waals surface area contributed by atoms with Crippen molar-refractivity contribution in [3.8, 4) is 0 Å². The number of aryl methyl sites for hydroxylation is 1. The van der Waals surface area contributed by atoms with Crippen molar-refractivity contribution < 1.29 is 8.42 Å². The highest BCUT2D eigenvalue weighted by Gasteiger charge is 2.03. The van der Waals surface area contributed by atoms with Crippen LogP contribution in [0.15, 0.2) is 6.07 Å². The highest BCUT2D eigenvalue weighted by molar-refractivity contribution is 7.90. The molecule has 1 aromatic rings. The first-order valence-corrected chi connectivity index (χ1v) is 7.02. The molecule has 0 aliphatic heterocycles. The lowest BCUT2D eigenvalue weighted by molar-refractivity contribution is 0.602. The van der Waals surface area contributed by atoms with Crippen LogP contribution >= 0.6 is 0 Å². The van der Waals surface area contributed by atoms with Crippen LogP contribution in [0.4, 0.5) is 11.6 Å². The minimum Gasteiger partial charge on any atom is -0.384 e. The van der Waals surface area contributed by atoms with Gasteiger partial charge in [-0.15, -0.1) is 0 Å². The Bertz CT molecular complexity index is 459. The van der Waals surface area contributed by atoms with Gasteiger partial charge in [-0.25, -0.2) is 18.4 Å². The van der Waals surface area contributed by atoms with Crippen LogP contribution < -0.4 is 11.1 Å². The largest absolute Gasteiger partial charge is 0.384 e. The summed E-state index contributed by atoms with van der Waals surface area (Å²) >= 11 is 0. The Balaban J connectivity index is 2.63. The summed E-state index contributed by atoms with van der Waals surface area (Å²) in [5, 5.41) is 2.91. The second-order valence-electron chi connectivity index (χ2n) is 3.50. The molecule has 1 rings (SSSR count). The zero-order chi connectivity index (χ0) is 12.2. The molecular weight excluding hydrogens is 228 g/mol. The molecule has 0 unspecified atom stereocenters. The first-order valence-electron chi connectivity index (χ1n) is 4.95. The van der Waals surface area contributed by atoms with Crippen LogP contribution in [-0.2, 0) is 16.3 Å². The lowest BCUT2D eigenvalue weighted by atomic mass is 10.4. The lowest BCUT2D eigenvalue weighted by Gasteiger charge is -2.06. The third-order valence-corrected chi connectivity index (χ3v) is 2.83. The second kappa shape index (κ2) is 5.11. The summed E-state index contributed by atoms with van der Waals surface area (Å²) in [5.41, 5.74) is 5.58. The molecule has 6 nitrogen and oxygen atoms in total. The predicted octanol–water partition coefficient (Wildman–Crippen LogP) is 0.0777. The van der Waals surface area contributed by atoms with Gasteiger partial charge in [0.25, 0.3) is 0 Å². The van der Waals surface area contributed by atoms with Gasteiger partial charge in [-0.05, 0) is 0 Å². The first-order chi connectivity index (χ1) is 7.40. The molecule has 16 heavy (non-hydrogen) atoms. The van der Waals surface area contributed by atoms with Crippen molar-refractivity contribution in [1.29, 1.82) is 0 Å². The third kappa shape index (κ3) is 4.43. The number of sulfone groups is 1. The zero-order valence-electron chi connectivity index (χ0n) is 9.40. The molecule has 0 aliphatic rings. The Morgan fingerprint density at radius 1 is 1.44 bits per heavy atom. The van der Waals surface area contributed by atoms with E-state index in [4.69, 9.17) is 5.73 Å². The van der Waals surface area contributed by atoms with Gasteiger partial charge in [0.1, 0.15) is 27.3 Å². The molecule has 0 amide bonds. The Labute approximate surface area is 95.2 Å². The van der Waals surface area contributed by atoms with E-state index < -0.39 is 9.84 Å². The van der Waals surface area contributed by atoms with Crippen LogP contribution in [0.2, 0.25) is 0 Å². The molecule has 0 atom stereocenters. The average Bonchev–Trinajstić information content (AvgIpc) is 2.14. The Hall–Kier alpha value is -1.37. The molecule has 0 aliphatic carbocycles. The highest BCUT2D eigenvalue weighted by atomic mass is 32.2. The fourth-order valence-electron chi connectivity index (χ4n) is 1.13. The molecule has 0 bridgehead atoms. The summed E-state index contributed by atoms with van der Waals surface area (Å²) in [7, 11) is -2.96. The van der Waals surface area contributed by atoms with E-state index in [1.54, 1.807) is 6.07 Å². The Kier molecular flexibility index (Phi) is 4.05. The van der Waals surface area contributed by atoms with Crippen LogP contribution in [0.1, 0.15) is 12.7 Å². The topological polar surface area (TPSA) is 98.0 Å². The van der Waals surface area contributed by atoms with Crippen molar-refractivity contribution in [2.24, 2.45) is 0 Å². The van der Waals surface area contributed by atoms with Gasteiger partial charge < -0.3 is 11.1 Å². The Morgan fingerprint density at radius 3 is 2.69 bits per heavy atom. The maximum Gasteiger partial charge on any atom is 0.149 e. The molecule has 1 heterocycles. The van der Waals surface area contributed by atoms with Crippen LogP contribution in [0.25, 0.3) is 0 Å². The zero-order valence-corrected chi connectivity index (χ0v) is 10.2. The molecule has 0 saturated carbocycles. The van der Waals surface area contributed by atoms with Crippen molar-refractivity contribution in [2.45, 2.75) is 13.3 Å². The molecule has 0 spiro atoms. The van der Waals surface area contributed by atoms with E-state index in [0.717, 1.165) is 0 Å². The average molecular weight is 244 g/mol. The number of rotatable bonds is 5. The summed E-state index contributed by atoms with van der Waals surface area (Å²) in [4.78, 5) is 8.19. The summed E-state index contributed by atoms with van der Waals surface area (Å²) in [6.45, 7) is 2.24. The van der Waals surface area contributed by atoms with E-state index in [0.29, 0.717) is 30.4 Å². The summed E-state index contributed by atoms with van der Waals surface area (Å²) in [6, 6.07) is 1.58. The minimum absolute atomic E-state index is 0.0678. The lowest BCUT2D eigenvalue weighted by Crippen LogP contribution is -2.15. The van der Waals surface area contributed by atoms with E-state index in [1.165, 1.54) is 6.26 Å².